The lowest BCUT2D eigenvalue weighted by Gasteiger charge is -2.29. The number of para-hydroxylation sites is 2. The van der Waals surface area contributed by atoms with Gasteiger partial charge in [0.15, 0.2) is 0 Å². The summed E-state index contributed by atoms with van der Waals surface area (Å²) in [6.45, 7) is 2.93. The molecule has 1 aliphatic heterocycles. The third-order valence-electron chi connectivity index (χ3n) is 3.87. The number of aliphatic carboxylic acids is 1. The lowest BCUT2D eigenvalue weighted by atomic mass is 10.1. The first kappa shape index (κ1) is 18.4. The van der Waals surface area contributed by atoms with Crippen molar-refractivity contribution in [2.45, 2.75) is 32.7 Å². The first-order chi connectivity index (χ1) is 11.8. The van der Waals surface area contributed by atoms with Crippen LogP contribution in [-0.2, 0) is 19.2 Å². The summed E-state index contributed by atoms with van der Waals surface area (Å²) >= 11 is 0. The van der Waals surface area contributed by atoms with Crippen LogP contribution in [0.25, 0.3) is 0 Å². The predicted octanol–water partition coefficient (Wildman–Crippen LogP) is 1.07. The number of nitrogens with one attached hydrogen (secondary N) is 1. The van der Waals surface area contributed by atoms with E-state index in [9.17, 15) is 19.2 Å². The van der Waals surface area contributed by atoms with Crippen molar-refractivity contribution < 1.29 is 24.3 Å². The summed E-state index contributed by atoms with van der Waals surface area (Å²) in [7, 11) is 0. The Kier molecular flexibility index (Phi) is 5.74. The van der Waals surface area contributed by atoms with Crippen LogP contribution in [0, 0.1) is 0 Å². The van der Waals surface area contributed by atoms with E-state index in [1.54, 1.807) is 38.1 Å². The molecule has 8 heteroatoms. The van der Waals surface area contributed by atoms with Gasteiger partial charge in [-0.1, -0.05) is 12.1 Å². The number of carboxylic acid groups (broad SMARTS) is 1. The fraction of sp³-hybridized carbons (Fsp3) is 0.412. The Balaban J connectivity index is 2.04. The van der Waals surface area contributed by atoms with E-state index in [0.717, 1.165) is 0 Å². The van der Waals surface area contributed by atoms with Gasteiger partial charge in [0, 0.05) is 18.9 Å². The van der Waals surface area contributed by atoms with Gasteiger partial charge < -0.3 is 20.2 Å². The number of hydrogen-bond acceptors (Lipinski definition) is 4. The highest BCUT2D eigenvalue weighted by atomic mass is 16.4. The van der Waals surface area contributed by atoms with E-state index in [4.69, 9.17) is 5.11 Å². The number of fused-ring (bicyclic) bond motifs is 1. The van der Waals surface area contributed by atoms with Crippen molar-refractivity contribution in [3.05, 3.63) is 24.3 Å². The Bertz CT molecular complexity index is 701. The maximum atomic E-state index is 12.5. The topological polar surface area (TPSA) is 107 Å². The summed E-state index contributed by atoms with van der Waals surface area (Å²) < 4.78 is 0. The van der Waals surface area contributed by atoms with Crippen LogP contribution in [0.15, 0.2) is 24.3 Å². The van der Waals surface area contributed by atoms with Crippen LogP contribution in [-0.4, -0.2) is 52.8 Å². The number of carbonyl (C=O) groups is 4. The highest BCUT2D eigenvalue weighted by Gasteiger charge is 2.27. The Morgan fingerprint density at radius 2 is 1.92 bits per heavy atom. The minimum absolute atomic E-state index is 0.0940. The van der Waals surface area contributed by atoms with Crippen molar-refractivity contribution in [3.63, 3.8) is 0 Å². The summed E-state index contributed by atoms with van der Waals surface area (Å²) in [5, 5.41) is 11.6. The van der Waals surface area contributed by atoms with Crippen LogP contribution in [0.5, 0.6) is 0 Å². The summed E-state index contributed by atoms with van der Waals surface area (Å²) in [6, 6.07) is 6.66. The van der Waals surface area contributed by atoms with Crippen LogP contribution in [0.3, 0.4) is 0 Å². The van der Waals surface area contributed by atoms with Gasteiger partial charge in [0.25, 0.3) is 0 Å². The molecule has 0 saturated heterocycles. The minimum atomic E-state index is -1.10. The van der Waals surface area contributed by atoms with E-state index in [1.807, 2.05) is 0 Å². The van der Waals surface area contributed by atoms with Gasteiger partial charge in [0.1, 0.15) is 13.1 Å². The highest BCUT2D eigenvalue weighted by molar-refractivity contribution is 6.10. The molecule has 1 heterocycles. The van der Waals surface area contributed by atoms with E-state index in [-0.39, 0.29) is 37.2 Å². The molecule has 25 heavy (non-hydrogen) atoms. The molecule has 1 aromatic carbocycles. The number of rotatable bonds is 6. The van der Waals surface area contributed by atoms with Crippen LogP contribution < -0.4 is 10.2 Å². The molecule has 2 rings (SSSR count). The molecule has 0 aliphatic carbocycles. The zero-order valence-corrected chi connectivity index (χ0v) is 14.2. The average molecular weight is 347 g/mol. The van der Waals surface area contributed by atoms with Crippen LogP contribution >= 0.6 is 0 Å². The molecular weight excluding hydrogens is 326 g/mol. The van der Waals surface area contributed by atoms with Gasteiger partial charge >= 0.3 is 5.97 Å². The first-order valence-electron chi connectivity index (χ1n) is 8.00. The van der Waals surface area contributed by atoms with Crippen molar-refractivity contribution in [3.8, 4) is 0 Å². The molecule has 134 valence electrons. The lowest BCUT2D eigenvalue weighted by molar-refractivity contribution is -0.146. The van der Waals surface area contributed by atoms with Gasteiger partial charge in [-0.15, -0.1) is 0 Å². The van der Waals surface area contributed by atoms with Crippen molar-refractivity contribution in [1.82, 2.24) is 4.90 Å². The molecule has 2 N–H and O–H groups in total. The zero-order chi connectivity index (χ0) is 18.6. The summed E-state index contributed by atoms with van der Waals surface area (Å²) in [5.74, 6) is -2.15. The van der Waals surface area contributed by atoms with E-state index >= 15 is 0 Å². The van der Waals surface area contributed by atoms with Crippen LogP contribution in [0.2, 0.25) is 0 Å². The number of hydrogen-bond donors (Lipinski definition) is 2. The highest BCUT2D eigenvalue weighted by Crippen LogP contribution is 2.29. The van der Waals surface area contributed by atoms with Gasteiger partial charge in [0.05, 0.1) is 11.4 Å². The smallest absolute Gasteiger partial charge is 0.323 e. The number of amides is 3. The molecule has 3 amide bonds. The first-order valence-corrected chi connectivity index (χ1v) is 8.00. The van der Waals surface area contributed by atoms with Crippen molar-refractivity contribution in [2.24, 2.45) is 0 Å². The molecule has 8 nitrogen and oxygen atoms in total. The number of anilines is 2. The largest absolute Gasteiger partial charge is 0.480 e. The third-order valence-corrected chi connectivity index (χ3v) is 3.87. The van der Waals surface area contributed by atoms with Gasteiger partial charge in [-0.2, -0.15) is 0 Å². The lowest BCUT2D eigenvalue weighted by Crippen LogP contribution is -2.43. The number of nitrogens with zero attached hydrogens (tertiary/aromatic N) is 2. The van der Waals surface area contributed by atoms with E-state index in [1.165, 1.54) is 9.80 Å². The Morgan fingerprint density at radius 3 is 2.56 bits per heavy atom. The van der Waals surface area contributed by atoms with Gasteiger partial charge in [0.2, 0.25) is 17.7 Å². The zero-order valence-electron chi connectivity index (χ0n) is 14.2. The Hall–Kier alpha value is -2.90. The normalized spacial score (nSPS) is 13.2. The second-order valence-electron chi connectivity index (χ2n) is 6.05. The molecule has 0 saturated carbocycles. The average Bonchev–Trinajstić information content (AvgIpc) is 2.56. The van der Waals surface area contributed by atoms with Gasteiger partial charge in [-0.3, -0.25) is 19.2 Å². The minimum Gasteiger partial charge on any atom is -0.480 e. The summed E-state index contributed by atoms with van der Waals surface area (Å²) in [4.78, 5) is 49.9. The van der Waals surface area contributed by atoms with Crippen molar-refractivity contribution in [1.29, 1.82) is 0 Å². The second kappa shape index (κ2) is 7.78. The molecule has 0 bridgehead atoms. The van der Waals surface area contributed by atoms with E-state index in [0.29, 0.717) is 11.4 Å². The SMILES string of the molecule is CC(C)N(CC(=O)O)C(=O)CCC(=O)N1CC(=O)Nc2ccccc21. The van der Waals surface area contributed by atoms with Crippen molar-refractivity contribution >= 4 is 35.1 Å². The molecule has 0 fully saturated rings. The maximum absolute atomic E-state index is 12.5. The molecule has 1 aliphatic rings. The van der Waals surface area contributed by atoms with Crippen LogP contribution in [0.4, 0.5) is 11.4 Å². The molecule has 1 aromatic rings. The number of benzene rings is 1. The Labute approximate surface area is 145 Å². The van der Waals surface area contributed by atoms with E-state index in [2.05, 4.69) is 5.32 Å². The molecule has 0 radical (unpaired) electrons. The molecule has 0 spiro atoms. The summed E-state index contributed by atoms with van der Waals surface area (Å²) in [5.41, 5.74) is 1.14. The van der Waals surface area contributed by atoms with Gasteiger partial charge in [-0.05, 0) is 26.0 Å². The van der Waals surface area contributed by atoms with Crippen LogP contribution in [0.1, 0.15) is 26.7 Å². The maximum Gasteiger partial charge on any atom is 0.323 e. The fourth-order valence-corrected chi connectivity index (χ4v) is 2.65. The molecule has 0 unspecified atom stereocenters. The van der Waals surface area contributed by atoms with E-state index < -0.39 is 18.4 Å². The monoisotopic (exact) mass is 347 g/mol. The van der Waals surface area contributed by atoms with Gasteiger partial charge in [-0.25, -0.2) is 0 Å². The Morgan fingerprint density at radius 1 is 1.24 bits per heavy atom. The predicted molar refractivity (Wildman–Crippen MR) is 91.1 cm³/mol. The molecule has 0 atom stereocenters. The quantitative estimate of drug-likeness (QED) is 0.800. The van der Waals surface area contributed by atoms with Crippen molar-refractivity contribution in [2.75, 3.05) is 23.3 Å². The molecular formula is C17H21N3O5. The summed E-state index contributed by atoms with van der Waals surface area (Å²) in [6.07, 6.45) is -0.201. The second-order valence-corrected chi connectivity index (χ2v) is 6.05. The fourth-order valence-electron chi connectivity index (χ4n) is 2.65. The molecule has 0 aromatic heterocycles. The number of carboxylic acids is 1. The third kappa shape index (κ3) is 4.56. The number of carbonyl (C=O) groups excluding carboxylic acids is 3. The standard InChI is InChI=1S/C17H21N3O5/c1-11(2)19(10-17(24)25)15(22)7-8-16(23)20-9-14(21)18-12-5-3-4-6-13(12)20/h3-6,11H,7-10H2,1-2H3,(H,18,21)(H,24,25).